The van der Waals surface area contributed by atoms with Gasteiger partial charge in [0.15, 0.2) is 0 Å². The summed E-state index contributed by atoms with van der Waals surface area (Å²) < 4.78 is 1.71. The number of benzene rings is 1. The van der Waals surface area contributed by atoms with Gasteiger partial charge in [-0.1, -0.05) is 12.1 Å². The summed E-state index contributed by atoms with van der Waals surface area (Å²) in [6.07, 6.45) is 7.95. The number of hydrogen-bond donors (Lipinski definition) is 1. The van der Waals surface area contributed by atoms with E-state index in [0.29, 0.717) is 6.54 Å². The molecular weight excluding hydrogens is 326 g/mol. The van der Waals surface area contributed by atoms with Crippen molar-refractivity contribution >= 4 is 17.3 Å². The molecule has 4 rings (SSSR count). The van der Waals surface area contributed by atoms with Crippen molar-refractivity contribution in [2.24, 2.45) is 7.05 Å². The highest BCUT2D eigenvalue weighted by molar-refractivity contribution is 6.01. The maximum atomic E-state index is 12.8. The summed E-state index contributed by atoms with van der Waals surface area (Å²) in [6.45, 7) is 2.75. The number of aromatic nitrogens is 3. The molecule has 1 atom stereocenters. The molecule has 1 aromatic carbocycles. The average molecular weight is 347 g/mol. The van der Waals surface area contributed by atoms with Crippen molar-refractivity contribution in [3.8, 4) is 11.1 Å². The number of anilines is 2. The van der Waals surface area contributed by atoms with Gasteiger partial charge in [0.25, 0.3) is 0 Å². The normalized spacial score (nSPS) is 16.9. The van der Waals surface area contributed by atoms with Crippen molar-refractivity contribution in [2.75, 3.05) is 16.8 Å². The van der Waals surface area contributed by atoms with E-state index in [9.17, 15) is 4.79 Å². The molecule has 2 aromatic heterocycles. The predicted molar refractivity (Wildman–Crippen MR) is 102 cm³/mol. The molecule has 26 heavy (non-hydrogen) atoms. The van der Waals surface area contributed by atoms with Gasteiger partial charge in [0, 0.05) is 37.9 Å². The topological polar surface area (TPSA) is 63.1 Å². The molecule has 0 saturated carbocycles. The summed E-state index contributed by atoms with van der Waals surface area (Å²) in [5, 5.41) is 7.60. The second-order valence-corrected chi connectivity index (χ2v) is 6.61. The van der Waals surface area contributed by atoms with Crippen molar-refractivity contribution in [3.63, 3.8) is 0 Å². The van der Waals surface area contributed by atoms with E-state index in [-0.39, 0.29) is 11.9 Å². The largest absolute Gasteiger partial charge is 0.373 e. The third-order valence-electron chi connectivity index (χ3n) is 4.79. The van der Waals surface area contributed by atoms with Crippen LogP contribution in [0.15, 0.2) is 55.1 Å². The first kappa shape index (κ1) is 16.3. The van der Waals surface area contributed by atoms with Crippen molar-refractivity contribution in [1.29, 1.82) is 0 Å². The minimum atomic E-state index is -0.221. The second kappa shape index (κ2) is 6.63. The van der Waals surface area contributed by atoms with E-state index in [1.807, 2.05) is 25.4 Å². The zero-order valence-electron chi connectivity index (χ0n) is 14.9. The summed E-state index contributed by atoms with van der Waals surface area (Å²) in [5.41, 5.74) is 5.18. The van der Waals surface area contributed by atoms with Gasteiger partial charge in [-0.25, -0.2) is 0 Å². The van der Waals surface area contributed by atoms with E-state index >= 15 is 0 Å². The molecule has 1 N–H and O–H groups in total. The Morgan fingerprint density at radius 2 is 1.96 bits per heavy atom. The number of hydrogen-bond acceptors (Lipinski definition) is 4. The molecule has 6 nitrogen and oxygen atoms in total. The molecule has 1 amide bonds. The van der Waals surface area contributed by atoms with Crippen molar-refractivity contribution in [3.05, 3.63) is 60.7 Å². The zero-order chi connectivity index (χ0) is 18.1. The number of nitrogens with zero attached hydrogens (tertiary/aromatic N) is 4. The summed E-state index contributed by atoms with van der Waals surface area (Å²) in [7, 11) is 1.85. The first-order chi connectivity index (χ1) is 12.6. The predicted octanol–water partition coefficient (Wildman–Crippen LogP) is 3.01. The fourth-order valence-corrected chi connectivity index (χ4v) is 3.31. The van der Waals surface area contributed by atoms with Gasteiger partial charge in [-0.05, 0) is 48.2 Å². The number of amides is 1. The van der Waals surface area contributed by atoms with Crippen molar-refractivity contribution in [2.45, 2.75) is 19.4 Å². The number of carbonyl (C=O) groups is 1. The van der Waals surface area contributed by atoms with E-state index in [0.717, 1.165) is 34.5 Å². The molecule has 0 radical (unpaired) electrons. The van der Waals surface area contributed by atoms with Crippen molar-refractivity contribution in [1.82, 2.24) is 14.8 Å². The minimum absolute atomic E-state index is 0.0896. The first-order valence-corrected chi connectivity index (χ1v) is 8.69. The first-order valence-electron chi connectivity index (χ1n) is 8.69. The van der Waals surface area contributed by atoms with E-state index in [1.165, 1.54) is 0 Å². The Bertz CT molecular complexity index is 934. The smallest absolute Gasteiger partial charge is 0.249 e. The molecular formula is C20H21N5O. The lowest BCUT2D eigenvalue weighted by Gasteiger charge is -2.18. The van der Waals surface area contributed by atoms with Crippen LogP contribution in [0.5, 0.6) is 0 Å². The standard InChI is InChI=1S/C20H21N5O/c1-14-3-4-16(15-5-8-21-9-6-15)11-19(14)23-18-7-10-25(20(18)26)17-12-22-24(2)13-17/h3-6,8-9,11-13,18,23H,7,10H2,1-2H3. The number of nitrogens with one attached hydrogen (secondary N) is 1. The lowest BCUT2D eigenvalue weighted by atomic mass is 10.0. The fraction of sp³-hybridized carbons (Fsp3) is 0.250. The molecule has 0 spiro atoms. The van der Waals surface area contributed by atoms with Gasteiger partial charge in [-0.3, -0.25) is 14.5 Å². The Kier molecular flexibility index (Phi) is 4.16. The molecule has 1 saturated heterocycles. The number of rotatable bonds is 4. The average Bonchev–Trinajstić information content (AvgIpc) is 3.24. The van der Waals surface area contributed by atoms with Gasteiger partial charge in [0.1, 0.15) is 6.04 Å². The molecule has 1 fully saturated rings. The molecule has 1 aliphatic heterocycles. The molecule has 0 aliphatic carbocycles. The molecule has 1 unspecified atom stereocenters. The summed E-state index contributed by atoms with van der Waals surface area (Å²) in [6, 6.07) is 10.0. The lowest BCUT2D eigenvalue weighted by molar-refractivity contribution is -0.117. The van der Waals surface area contributed by atoms with E-state index in [4.69, 9.17) is 0 Å². The van der Waals surface area contributed by atoms with Gasteiger partial charge in [0.05, 0.1) is 11.9 Å². The maximum absolute atomic E-state index is 12.8. The van der Waals surface area contributed by atoms with Crippen LogP contribution in [0.2, 0.25) is 0 Å². The Labute approximate surface area is 152 Å². The van der Waals surface area contributed by atoms with Gasteiger partial charge in [0.2, 0.25) is 5.91 Å². The molecule has 0 bridgehead atoms. The second-order valence-electron chi connectivity index (χ2n) is 6.61. The number of aryl methyl sites for hydroxylation is 2. The lowest BCUT2D eigenvalue weighted by Crippen LogP contribution is -2.33. The number of pyridine rings is 1. The maximum Gasteiger partial charge on any atom is 0.249 e. The van der Waals surface area contributed by atoms with Crippen LogP contribution in [-0.4, -0.2) is 33.3 Å². The van der Waals surface area contributed by atoms with Crippen LogP contribution < -0.4 is 10.2 Å². The third kappa shape index (κ3) is 3.06. The van der Waals surface area contributed by atoms with Crippen LogP contribution in [0.1, 0.15) is 12.0 Å². The molecule has 3 heterocycles. The summed E-state index contributed by atoms with van der Waals surface area (Å²) in [4.78, 5) is 18.7. The molecule has 3 aromatic rings. The van der Waals surface area contributed by atoms with E-state index in [1.54, 1.807) is 28.2 Å². The van der Waals surface area contributed by atoms with Gasteiger partial charge in [-0.15, -0.1) is 0 Å². The highest BCUT2D eigenvalue weighted by Gasteiger charge is 2.33. The quantitative estimate of drug-likeness (QED) is 0.788. The van der Waals surface area contributed by atoms with Gasteiger partial charge >= 0.3 is 0 Å². The highest BCUT2D eigenvalue weighted by atomic mass is 16.2. The Balaban J connectivity index is 1.55. The van der Waals surface area contributed by atoms with Crippen LogP contribution in [-0.2, 0) is 11.8 Å². The Morgan fingerprint density at radius 1 is 1.15 bits per heavy atom. The number of carbonyl (C=O) groups excluding carboxylic acids is 1. The van der Waals surface area contributed by atoms with Crippen LogP contribution in [0, 0.1) is 6.92 Å². The van der Waals surface area contributed by atoms with Gasteiger partial charge in [-0.2, -0.15) is 5.10 Å². The van der Waals surface area contributed by atoms with E-state index in [2.05, 4.69) is 40.5 Å². The SMILES string of the molecule is Cc1ccc(-c2ccncc2)cc1NC1CCN(c2cnn(C)c2)C1=O. The van der Waals surface area contributed by atoms with Crippen LogP contribution in [0.3, 0.4) is 0 Å². The molecule has 1 aliphatic rings. The van der Waals surface area contributed by atoms with Crippen LogP contribution in [0.4, 0.5) is 11.4 Å². The highest BCUT2D eigenvalue weighted by Crippen LogP contribution is 2.28. The van der Waals surface area contributed by atoms with Crippen LogP contribution in [0.25, 0.3) is 11.1 Å². The van der Waals surface area contributed by atoms with Crippen molar-refractivity contribution < 1.29 is 4.79 Å². The molecule has 132 valence electrons. The Hall–Kier alpha value is -3.15. The summed E-state index contributed by atoms with van der Waals surface area (Å²) >= 11 is 0. The monoisotopic (exact) mass is 347 g/mol. The van der Waals surface area contributed by atoms with E-state index < -0.39 is 0 Å². The summed E-state index contributed by atoms with van der Waals surface area (Å²) in [5.74, 6) is 0.0896. The molecule has 6 heteroatoms. The minimum Gasteiger partial charge on any atom is -0.373 e. The Morgan fingerprint density at radius 3 is 2.69 bits per heavy atom. The fourth-order valence-electron chi connectivity index (χ4n) is 3.31. The van der Waals surface area contributed by atoms with Crippen LogP contribution >= 0.6 is 0 Å². The van der Waals surface area contributed by atoms with Gasteiger partial charge < -0.3 is 10.2 Å². The zero-order valence-corrected chi connectivity index (χ0v) is 14.9. The third-order valence-corrected chi connectivity index (χ3v) is 4.79.